The Bertz CT molecular complexity index is 1940. The van der Waals surface area contributed by atoms with Crippen molar-refractivity contribution in [3.8, 4) is 0 Å². The fourth-order valence-corrected chi connectivity index (χ4v) is 13.8. The summed E-state index contributed by atoms with van der Waals surface area (Å²) in [6, 6.07) is 0. The molecular weight excluding hydrogens is 1290 g/mol. The molecular formula is C80H156O17P2. The maximum Gasteiger partial charge on any atom is 0.472 e. The molecule has 0 aliphatic carbocycles. The van der Waals surface area contributed by atoms with Crippen molar-refractivity contribution < 1.29 is 80.2 Å². The van der Waals surface area contributed by atoms with Crippen LogP contribution in [0.1, 0.15) is 409 Å². The average Bonchev–Trinajstić information content (AvgIpc) is 1.01. The van der Waals surface area contributed by atoms with E-state index in [1.165, 1.54) is 205 Å². The smallest absolute Gasteiger partial charge is 0.462 e. The number of aliphatic hydroxyl groups excluding tert-OH is 1. The number of carbonyl (C=O) groups excluding carboxylic acids is 4. The van der Waals surface area contributed by atoms with E-state index in [4.69, 9.17) is 37.0 Å². The van der Waals surface area contributed by atoms with Gasteiger partial charge in [-0.1, -0.05) is 357 Å². The average molecular weight is 1450 g/mol. The van der Waals surface area contributed by atoms with E-state index in [9.17, 15) is 43.2 Å². The first kappa shape index (κ1) is 97.1. The second-order valence-corrected chi connectivity index (χ2v) is 33.4. The molecule has 0 radical (unpaired) electrons. The van der Waals surface area contributed by atoms with Crippen molar-refractivity contribution in [1.82, 2.24) is 0 Å². The highest BCUT2D eigenvalue weighted by Crippen LogP contribution is 2.45. The lowest BCUT2D eigenvalue weighted by atomic mass is 9.99. The number of hydrogen-bond acceptors (Lipinski definition) is 15. The third-order valence-electron chi connectivity index (χ3n) is 18.9. The first-order valence-electron chi connectivity index (χ1n) is 41.2. The van der Waals surface area contributed by atoms with Crippen LogP contribution in [0.4, 0.5) is 0 Å². The lowest BCUT2D eigenvalue weighted by Gasteiger charge is -2.21. The van der Waals surface area contributed by atoms with Crippen molar-refractivity contribution in [3.63, 3.8) is 0 Å². The second-order valence-electron chi connectivity index (χ2n) is 30.5. The summed E-state index contributed by atoms with van der Waals surface area (Å²) in [7, 11) is -9.92. The third kappa shape index (κ3) is 72.8. The number of esters is 4. The molecule has 0 amide bonds. The lowest BCUT2D eigenvalue weighted by molar-refractivity contribution is -0.161. The number of carbonyl (C=O) groups is 4. The van der Waals surface area contributed by atoms with Gasteiger partial charge in [-0.05, 0) is 49.4 Å². The van der Waals surface area contributed by atoms with Gasteiger partial charge in [-0.2, -0.15) is 0 Å². The monoisotopic (exact) mass is 1450 g/mol. The van der Waals surface area contributed by atoms with Crippen LogP contribution < -0.4 is 0 Å². The predicted octanol–water partition coefficient (Wildman–Crippen LogP) is 23.6. The molecule has 0 aromatic heterocycles. The van der Waals surface area contributed by atoms with Crippen molar-refractivity contribution in [3.05, 3.63) is 0 Å². The van der Waals surface area contributed by atoms with Crippen LogP contribution in [-0.4, -0.2) is 96.7 Å². The third-order valence-corrected chi connectivity index (χ3v) is 20.8. The summed E-state index contributed by atoms with van der Waals surface area (Å²) < 4.78 is 68.7. The number of ether oxygens (including phenoxy) is 4. The maximum absolute atomic E-state index is 13.1. The van der Waals surface area contributed by atoms with Gasteiger partial charge in [0.25, 0.3) is 0 Å². The van der Waals surface area contributed by atoms with Crippen LogP contribution in [0.2, 0.25) is 0 Å². The molecule has 0 saturated carbocycles. The Morgan fingerprint density at radius 1 is 0.283 bits per heavy atom. The first-order valence-corrected chi connectivity index (χ1v) is 44.2. The van der Waals surface area contributed by atoms with Gasteiger partial charge in [0, 0.05) is 25.7 Å². The summed E-state index contributed by atoms with van der Waals surface area (Å²) in [6.45, 7) is 14.2. The number of hydrogen-bond donors (Lipinski definition) is 3. The van der Waals surface area contributed by atoms with E-state index in [-0.39, 0.29) is 25.7 Å². The summed E-state index contributed by atoms with van der Waals surface area (Å²) >= 11 is 0. The number of rotatable bonds is 77. The Morgan fingerprint density at radius 3 is 0.717 bits per heavy atom. The van der Waals surface area contributed by atoms with E-state index in [0.29, 0.717) is 31.6 Å². The molecule has 0 rings (SSSR count). The number of phosphoric acid groups is 2. The zero-order valence-corrected chi connectivity index (χ0v) is 66.9. The van der Waals surface area contributed by atoms with Crippen molar-refractivity contribution in [2.75, 3.05) is 39.6 Å². The molecule has 0 saturated heterocycles. The van der Waals surface area contributed by atoms with Crippen LogP contribution in [-0.2, 0) is 65.4 Å². The van der Waals surface area contributed by atoms with Gasteiger partial charge in [0.05, 0.1) is 26.4 Å². The molecule has 0 spiro atoms. The molecule has 0 fully saturated rings. The molecule has 0 bridgehead atoms. The Kier molecular flexibility index (Phi) is 67.8. The standard InChI is InChI=1S/C80H156O17P2/c1-9-73(8)59-51-43-35-27-23-24-30-38-47-55-63-80(85)97-76(67-91-78(83)61-53-45-39-31-34-42-50-58-72(6)7)69-95-99(88,89)93-65-74(81)64-92-98(86,87)94-68-75(66-90-77(82)60-52-44-36-28-22-18-20-26-33-41-49-57-71(4)5)96-79(84)62-54-46-37-29-21-17-15-13-11-10-12-14-16-19-25-32-40-48-56-70(2)3/h70-76,81H,9-69H2,1-8H3,(H,86,87)(H,88,89)/t73?,74?,75-,76-/m1/s1. The van der Waals surface area contributed by atoms with Crippen molar-refractivity contribution in [2.45, 2.75) is 427 Å². The molecule has 3 N–H and O–H groups in total. The van der Waals surface area contributed by atoms with E-state index in [1.807, 2.05) is 0 Å². The molecule has 6 atom stereocenters. The van der Waals surface area contributed by atoms with Gasteiger partial charge in [-0.15, -0.1) is 0 Å². The summed E-state index contributed by atoms with van der Waals surface area (Å²) in [6.07, 6.45) is 55.6. The number of phosphoric ester groups is 2. The second kappa shape index (κ2) is 69.1. The Hall–Kier alpha value is -1.94. The number of unbranched alkanes of at least 4 members (excludes halogenated alkanes) is 42. The molecule has 99 heavy (non-hydrogen) atoms. The summed E-state index contributed by atoms with van der Waals surface area (Å²) in [4.78, 5) is 73.0. The molecule has 0 aromatic carbocycles. The van der Waals surface area contributed by atoms with Crippen LogP contribution in [0.15, 0.2) is 0 Å². The number of aliphatic hydroxyl groups is 1. The minimum Gasteiger partial charge on any atom is -0.462 e. The van der Waals surface area contributed by atoms with Gasteiger partial charge in [-0.25, -0.2) is 9.13 Å². The van der Waals surface area contributed by atoms with Crippen molar-refractivity contribution >= 4 is 39.5 Å². The van der Waals surface area contributed by atoms with E-state index in [2.05, 4.69) is 55.4 Å². The van der Waals surface area contributed by atoms with Gasteiger partial charge >= 0.3 is 39.5 Å². The fourth-order valence-electron chi connectivity index (χ4n) is 12.2. The summed E-state index contributed by atoms with van der Waals surface area (Å²) in [5, 5.41) is 10.6. The highest BCUT2D eigenvalue weighted by atomic mass is 31.2. The molecule has 0 heterocycles. The normalized spacial score (nSPS) is 14.3. The van der Waals surface area contributed by atoms with Gasteiger partial charge in [0.15, 0.2) is 12.2 Å². The summed E-state index contributed by atoms with van der Waals surface area (Å²) in [5.41, 5.74) is 0. The predicted molar refractivity (Wildman–Crippen MR) is 404 cm³/mol. The highest BCUT2D eigenvalue weighted by molar-refractivity contribution is 7.47. The van der Waals surface area contributed by atoms with Crippen LogP contribution in [0, 0.1) is 23.7 Å². The molecule has 0 aliphatic rings. The zero-order valence-electron chi connectivity index (χ0n) is 65.1. The van der Waals surface area contributed by atoms with Gasteiger partial charge in [0.1, 0.15) is 19.3 Å². The topological polar surface area (TPSA) is 237 Å². The molecule has 588 valence electrons. The fraction of sp³-hybridized carbons (Fsp3) is 0.950. The van der Waals surface area contributed by atoms with Crippen molar-refractivity contribution in [1.29, 1.82) is 0 Å². The quantitative estimate of drug-likeness (QED) is 0.0222. The maximum atomic E-state index is 13.1. The van der Waals surface area contributed by atoms with Crippen LogP contribution >= 0.6 is 15.6 Å². The largest absolute Gasteiger partial charge is 0.472 e. The van der Waals surface area contributed by atoms with E-state index >= 15 is 0 Å². The molecule has 4 unspecified atom stereocenters. The lowest BCUT2D eigenvalue weighted by Crippen LogP contribution is -2.30. The summed E-state index contributed by atoms with van der Waals surface area (Å²) in [5.74, 6) is 0.983. The van der Waals surface area contributed by atoms with Gasteiger partial charge in [0.2, 0.25) is 0 Å². The zero-order chi connectivity index (χ0) is 73.1. The van der Waals surface area contributed by atoms with Crippen LogP contribution in [0.5, 0.6) is 0 Å². The molecule has 19 heteroatoms. The highest BCUT2D eigenvalue weighted by Gasteiger charge is 2.30. The minimum atomic E-state index is -4.96. The van der Waals surface area contributed by atoms with Crippen LogP contribution in [0.25, 0.3) is 0 Å². The Balaban J connectivity index is 5.23. The van der Waals surface area contributed by atoms with Gasteiger partial charge in [-0.3, -0.25) is 37.3 Å². The van der Waals surface area contributed by atoms with E-state index in [1.54, 1.807) is 0 Å². The SMILES string of the molecule is CCC(C)CCCCCCCCCCCCC(=O)O[C@H](COC(=O)CCCCCCCCCC(C)C)COP(=O)(O)OCC(O)COP(=O)(O)OC[C@@H](COC(=O)CCCCCCCCCCCCCC(C)C)OC(=O)CCCCCCCCCCCCCCCCCCCCC(C)C. The first-order chi connectivity index (χ1) is 47.6. The Morgan fingerprint density at radius 2 is 0.485 bits per heavy atom. The minimum absolute atomic E-state index is 0.105. The molecule has 17 nitrogen and oxygen atoms in total. The Labute approximate surface area is 607 Å². The van der Waals surface area contributed by atoms with Gasteiger partial charge < -0.3 is 33.8 Å². The molecule has 0 aromatic rings. The molecule has 0 aliphatic heterocycles. The van der Waals surface area contributed by atoms with E-state index in [0.717, 1.165) is 114 Å². The van der Waals surface area contributed by atoms with E-state index < -0.39 is 97.5 Å². The van der Waals surface area contributed by atoms with Crippen LogP contribution in [0.3, 0.4) is 0 Å². The van der Waals surface area contributed by atoms with Crippen molar-refractivity contribution in [2.24, 2.45) is 23.7 Å².